The molecule has 2 N–H and O–H groups in total. The minimum Gasteiger partial charge on any atom is -0.352 e. The maximum Gasteiger partial charge on any atom is 0.234 e. The smallest absolute Gasteiger partial charge is 0.234 e. The molecule has 0 aromatic carbocycles. The Hall–Kier alpha value is -0.220. The highest BCUT2D eigenvalue weighted by Crippen LogP contribution is 2.68. The number of thioether (sulfide) groups is 1. The Morgan fingerprint density at radius 3 is 2.36 bits per heavy atom. The van der Waals surface area contributed by atoms with E-state index < -0.39 is 0 Å². The van der Waals surface area contributed by atoms with Gasteiger partial charge in [0, 0.05) is 6.04 Å². The van der Waals surface area contributed by atoms with Gasteiger partial charge >= 0.3 is 0 Å². The lowest BCUT2D eigenvalue weighted by molar-refractivity contribution is -0.127. The van der Waals surface area contributed by atoms with E-state index >= 15 is 0 Å². The maximum atomic E-state index is 12.7. The van der Waals surface area contributed by atoms with Crippen LogP contribution in [0.1, 0.15) is 132 Å². The third kappa shape index (κ3) is 7.41. The number of carbonyl (C=O) groups excluding carboxylic acids is 1. The Kier molecular flexibility index (Phi) is 11.2. The lowest BCUT2D eigenvalue weighted by atomic mass is 9.44. The standard InChI is InChI=1S/C35H64N2OS/c1-24(2)10-8-11-26(5)30-14-15-31-29-13-12-27-22-28(37-33(38)23-36-20-9-21-39-25(3)4)16-18-34(27,6)32(29)17-19-35(30,31)7/h24-32,36H,8-23H2,1-7H3,(H,37,38). The highest BCUT2D eigenvalue weighted by Gasteiger charge is 2.60. The highest BCUT2D eigenvalue weighted by atomic mass is 32.2. The van der Waals surface area contributed by atoms with Crippen molar-refractivity contribution < 1.29 is 4.79 Å². The number of fused-ring (bicyclic) bond motifs is 5. The van der Waals surface area contributed by atoms with Gasteiger partial charge in [0.25, 0.3) is 0 Å². The van der Waals surface area contributed by atoms with E-state index in [0.29, 0.717) is 28.7 Å². The Morgan fingerprint density at radius 2 is 1.62 bits per heavy atom. The molecule has 226 valence electrons. The molecule has 0 bridgehead atoms. The molecule has 0 heterocycles. The van der Waals surface area contributed by atoms with Gasteiger partial charge in [-0.2, -0.15) is 11.8 Å². The zero-order valence-electron chi connectivity index (χ0n) is 26.8. The van der Waals surface area contributed by atoms with Crippen LogP contribution in [0.15, 0.2) is 0 Å². The lowest BCUT2D eigenvalue weighted by Crippen LogP contribution is -2.56. The van der Waals surface area contributed by atoms with Gasteiger partial charge < -0.3 is 10.6 Å². The van der Waals surface area contributed by atoms with Crippen LogP contribution in [-0.4, -0.2) is 36.0 Å². The number of hydrogen-bond donors (Lipinski definition) is 2. The van der Waals surface area contributed by atoms with E-state index in [-0.39, 0.29) is 5.91 Å². The molecular formula is C35H64N2OS. The first-order chi connectivity index (χ1) is 18.5. The van der Waals surface area contributed by atoms with Crippen molar-refractivity contribution in [3.63, 3.8) is 0 Å². The summed E-state index contributed by atoms with van der Waals surface area (Å²) in [4.78, 5) is 12.7. The quantitative estimate of drug-likeness (QED) is 0.221. The van der Waals surface area contributed by atoms with E-state index in [1.54, 1.807) is 0 Å². The largest absolute Gasteiger partial charge is 0.352 e. The van der Waals surface area contributed by atoms with Gasteiger partial charge in [-0.25, -0.2) is 0 Å². The molecule has 4 aliphatic carbocycles. The van der Waals surface area contributed by atoms with Gasteiger partial charge in [-0.05, 0) is 134 Å². The van der Waals surface area contributed by atoms with Crippen molar-refractivity contribution >= 4 is 17.7 Å². The molecule has 0 spiro atoms. The zero-order chi connectivity index (χ0) is 28.2. The van der Waals surface area contributed by atoms with Crippen LogP contribution in [0.2, 0.25) is 0 Å². The Balaban J connectivity index is 1.26. The monoisotopic (exact) mass is 560 g/mol. The highest BCUT2D eigenvalue weighted by molar-refractivity contribution is 7.99. The van der Waals surface area contributed by atoms with Gasteiger partial charge in [-0.3, -0.25) is 4.79 Å². The van der Waals surface area contributed by atoms with Crippen LogP contribution in [0, 0.1) is 52.3 Å². The first-order valence-electron chi connectivity index (χ1n) is 17.2. The van der Waals surface area contributed by atoms with Gasteiger partial charge in [-0.1, -0.05) is 67.7 Å². The molecular weight excluding hydrogens is 496 g/mol. The Morgan fingerprint density at radius 1 is 0.872 bits per heavy atom. The normalized spacial score (nSPS) is 38.8. The summed E-state index contributed by atoms with van der Waals surface area (Å²) in [5.74, 6) is 7.73. The average Bonchev–Trinajstić information content (AvgIpc) is 3.23. The molecule has 4 aliphatic rings. The molecule has 4 heteroatoms. The predicted molar refractivity (Wildman–Crippen MR) is 170 cm³/mol. The molecule has 0 radical (unpaired) electrons. The molecule has 9 unspecified atom stereocenters. The summed E-state index contributed by atoms with van der Waals surface area (Å²) in [5, 5.41) is 7.50. The first kappa shape index (κ1) is 31.7. The zero-order valence-corrected chi connectivity index (χ0v) is 27.6. The van der Waals surface area contributed by atoms with Crippen LogP contribution in [0.3, 0.4) is 0 Å². The van der Waals surface area contributed by atoms with Crippen LogP contribution in [0.4, 0.5) is 0 Å². The summed E-state index contributed by atoms with van der Waals surface area (Å²) in [7, 11) is 0. The minimum absolute atomic E-state index is 0.210. The van der Waals surface area contributed by atoms with Crippen molar-refractivity contribution in [2.24, 2.45) is 52.3 Å². The summed E-state index contributed by atoms with van der Waals surface area (Å²) in [6.07, 6.45) is 17.9. The van der Waals surface area contributed by atoms with Crippen molar-refractivity contribution in [3.8, 4) is 0 Å². The predicted octanol–water partition coefficient (Wildman–Crippen LogP) is 8.71. The fourth-order valence-electron chi connectivity index (χ4n) is 10.4. The minimum atomic E-state index is 0.210. The second kappa shape index (κ2) is 13.8. The topological polar surface area (TPSA) is 41.1 Å². The number of rotatable bonds is 13. The van der Waals surface area contributed by atoms with Crippen LogP contribution < -0.4 is 10.6 Å². The number of hydrogen-bond acceptors (Lipinski definition) is 3. The van der Waals surface area contributed by atoms with E-state index in [0.717, 1.165) is 54.4 Å². The molecule has 4 saturated carbocycles. The molecule has 0 aromatic heterocycles. The summed E-state index contributed by atoms with van der Waals surface area (Å²) in [6.45, 7) is 18.7. The van der Waals surface area contributed by atoms with Crippen LogP contribution >= 0.6 is 11.8 Å². The first-order valence-corrected chi connectivity index (χ1v) is 18.2. The van der Waals surface area contributed by atoms with Gasteiger partial charge in [-0.15, -0.1) is 0 Å². The second-order valence-corrected chi connectivity index (χ2v) is 17.4. The van der Waals surface area contributed by atoms with Crippen molar-refractivity contribution in [2.75, 3.05) is 18.8 Å². The molecule has 4 fully saturated rings. The third-order valence-electron chi connectivity index (χ3n) is 12.5. The van der Waals surface area contributed by atoms with Gasteiger partial charge in [0.15, 0.2) is 0 Å². The molecule has 9 atom stereocenters. The molecule has 4 rings (SSSR count). The summed E-state index contributed by atoms with van der Waals surface area (Å²) < 4.78 is 0. The average molecular weight is 561 g/mol. The summed E-state index contributed by atoms with van der Waals surface area (Å²) in [6, 6.07) is 0.391. The van der Waals surface area contributed by atoms with E-state index in [1.165, 1.54) is 82.8 Å². The number of nitrogens with one attached hydrogen (secondary N) is 2. The lowest BCUT2D eigenvalue weighted by Gasteiger charge is -2.61. The van der Waals surface area contributed by atoms with Crippen molar-refractivity contribution in [1.82, 2.24) is 10.6 Å². The Labute approximate surface area is 247 Å². The van der Waals surface area contributed by atoms with E-state index in [1.807, 2.05) is 11.8 Å². The van der Waals surface area contributed by atoms with Gasteiger partial charge in [0.2, 0.25) is 5.91 Å². The van der Waals surface area contributed by atoms with Crippen molar-refractivity contribution in [2.45, 2.75) is 143 Å². The molecule has 0 aromatic rings. The summed E-state index contributed by atoms with van der Waals surface area (Å²) in [5.41, 5.74) is 1.09. The number of amides is 1. The SMILES string of the molecule is CC(C)CCCC(C)C1CCC2C3CCC4CC(NC(=O)CNCCCSC(C)C)CCC4(C)C3CCC12C. The van der Waals surface area contributed by atoms with Crippen molar-refractivity contribution in [3.05, 3.63) is 0 Å². The Bertz CT molecular complexity index is 785. The molecule has 0 saturated heterocycles. The third-order valence-corrected chi connectivity index (χ3v) is 13.7. The van der Waals surface area contributed by atoms with E-state index in [9.17, 15) is 4.79 Å². The van der Waals surface area contributed by atoms with E-state index in [2.05, 4.69) is 59.1 Å². The fourth-order valence-corrected chi connectivity index (χ4v) is 11.2. The number of carbonyl (C=O) groups is 1. The van der Waals surface area contributed by atoms with Crippen LogP contribution in [0.5, 0.6) is 0 Å². The van der Waals surface area contributed by atoms with Crippen LogP contribution in [0.25, 0.3) is 0 Å². The van der Waals surface area contributed by atoms with Crippen molar-refractivity contribution in [1.29, 1.82) is 0 Å². The van der Waals surface area contributed by atoms with Gasteiger partial charge in [0.1, 0.15) is 0 Å². The maximum absolute atomic E-state index is 12.7. The molecule has 3 nitrogen and oxygen atoms in total. The summed E-state index contributed by atoms with van der Waals surface area (Å²) >= 11 is 2.01. The molecule has 39 heavy (non-hydrogen) atoms. The van der Waals surface area contributed by atoms with Crippen LogP contribution in [-0.2, 0) is 4.79 Å². The second-order valence-electron chi connectivity index (χ2n) is 15.7. The molecule has 1 amide bonds. The van der Waals surface area contributed by atoms with Gasteiger partial charge in [0.05, 0.1) is 6.54 Å². The van der Waals surface area contributed by atoms with E-state index in [4.69, 9.17) is 0 Å². The fraction of sp³-hybridized carbons (Fsp3) is 0.971. The molecule has 0 aliphatic heterocycles.